The molecule has 0 radical (unpaired) electrons. The molecule has 1 aromatic heterocycles. The van der Waals surface area contributed by atoms with E-state index in [2.05, 4.69) is 24.0 Å². The number of esters is 1. The molecule has 1 heterocycles. The molecule has 1 aromatic carbocycles. The van der Waals surface area contributed by atoms with Crippen LogP contribution in [0.1, 0.15) is 69.7 Å². The normalized spacial score (nSPS) is 12.9. The monoisotopic (exact) mass is 346 g/mol. The van der Waals surface area contributed by atoms with E-state index in [9.17, 15) is 4.79 Å². The summed E-state index contributed by atoms with van der Waals surface area (Å²) in [4.78, 5) is 16.7. The molecule has 0 N–H and O–H groups in total. The fraction of sp³-hybridized carbons (Fsp3) is 0.526. The van der Waals surface area contributed by atoms with Crippen molar-refractivity contribution in [2.24, 2.45) is 5.92 Å². The molecule has 0 amide bonds. The first-order valence-corrected chi connectivity index (χ1v) is 8.44. The third kappa shape index (κ3) is 5.31. The van der Waals surface area contributed by atoms with E-state index in [0.717, 1.165) is 0 Å². The molecule has 0 spiro atoms. The Kier molecular flexibility index (Phi) is 5.82. The molecule has 0 saturated carbocycles. The first-order valence-electron chi connectivity index (χ1n) is 8.44. The van der Waals surface area contributed by atoms with E-state index in [0.29, 0.717) is 29.7 Å². The summed E-state index contributed by atoms with van der Waals surface area (Å²) < 4.78 is 16.3. The number of aromatic nitrogens is 2. The number of benzene rings is 1. The smallest absolute Gasteiger partial charge is 0.339 e. The van der Waals surface area contributed by atoms with Crippen molar-refractivity contribution in [1.29, 1.82) is 0 Å². The maximum absolute atomic E-state index is 12.4. The highest BCUT2D eigenvalue weighted by molar-refractivity contribution is 5.89. The number of hydrogen-bond donors (Lipinski definition) is 0. The Balaban J connectivity index is 2.03. The minimum absolute atomic E-state index is 0.229. The van der Waals surface area contributed by atoms with Gasteiger partial charge in [0, 0.05) is 5.41 Å². The topological polar surface area (TPSA) is 74.5 Å². The van der Waals surface area contributed by atoms with E-state index in [4.69, 9.17) is 14.0 Å². The number of carbonyl (C=O) groups excluding carboxylic acids is 1. The second kappa shape index (κ2) is 7.68. The van der Waals surface area contributed by atoms with E-state index in [-0.39, 0.29) is 11.3 Å². The van der Waals surface area contributed by atoms with E-state index >= 15 is 0 Å². The summed E-state index contributed by atoms with van der Waals surface area (Å²) in [5.41, 5.74) is 0.191. The molecule has 6 heteroatoms. The van der Waals surface area contributed by atoms with Crippen LogP contribution in [0, 0.1) is 5.92 Å². The average Bonchev–Trinajstić information content (AvgIpc) is 3.03. The fourth-order valence-electron chi connectivity index (χ4n) is 1.96. The first kappa shape index (κ1) is 19.0. The van der Waals surface area contributed by atoms with Crippen molar-refractivity contribution in [3.05, 3.63) is 41.5 Å². The second-order valence-corrected chi connectivity index (χ2v) is 7.49. The Morgan fingerprint density at radius 1 is 1.24 bits per heavy atom. The Morgan fingerprint density at radius 2 is 1.96 bits per heavy atom. The number of carbonyl (C=O) groups is 1. The van der Waals surface area contributed by atoms with Gasteiger partial charge in [-0.1, -0.05) is 45.8 Å². The third-order valence-corrected chi connectivity index (χ3v) is 3.40. The van der Waals surface area contributed by atoms with Gasteiger partial charge in [0.1, 0.15) is 5.75 Å². The van der Waals surface area contributed by atoms with E-state index in [1.165, 1.54) is 0 Å². The molecule has 0 aliphatic heterocycles. The van der Waals surface area contributed by atoms with Gasteiger partial charge in [-0.2, -0.15) is 4.98 Å². The molecule has 1 unspecified atom stereocenters. The van der Waals surface area contributed by atoms with Crippen LogP contribution in [0.5, 0.6) is 5.75 Å². The molecular weight excluding hydrogens is 320 g/mol. The van der Waals surface area contributed by atoms with Crippen molar-refractivity contribution in [3.63, 3.8) is 0 Å². The van der Waals surface area contributed by atoms with Gasteiger partial charge in [0.2, 0.25) is 0 Å². The number of rotatable bonds is 6. The van der Waals surface area contributed by atoms with Crippen molar-refractivity contribution in [2.75, 3.05) is 6.61 Å². The largest absolute Gasteiger partial charge is 0.493 e. The molecule has 136 valence electrons. The van der Waals surface area contributed by atoms with Crippen molar-refractivity contribution in [2.45, 2.75) is 53.1 Å². The molecule has 6 nitrogen and oxygen atoms in total. The molecular formula is C19H26N2O4. The van der Waals surface area contributed by atoms with Crippen LogP contribution in [0.3, 0.4) is 0 Å². The highest BCUT2D eigenvalue weighted by atomic mass is 16.6. The van der Waals surface area contributed by atoms with Crippen LogP contribution >= 0.6 is 0 Å². The quantitative estimate of drug-likeness (QED) is 0.725. The summed E-state index contributed by atoms with van der Waals surface area (Å²) in [6.45, 7) is 12.4. The molecule has 0 aliphatic rings. The first-order chi connectivity index (χ1) is 11.7. The van der Waals surface area contributed by atoms with Crippen molar-refractivity contribution in [1.82, 2.24) is 10.1 Å². The lowest BCUT2D eigenvalue weighted by Gasteiger charge is -2.12. The fourth-order valence-corrected chi connectivity index (χ4v) is 1.96. The molecule has 25 heavy (non-hydrogen) atoms. The predicted octanol–water partition coefficient (Wildman–Crippen LogP) is 4.32. The number of ether oxygens (including phenoxy) is 2. The zero-order valence-corrected chi connectivity index (χ0v) is 15.7. The van der Waals surface area contributed by atoms with Crippen LogP contribution in [0.15, 0.2) is 28.8 Å². The summed E-state index contributed by atoms with van der Waals surface area (Å²) in [5, 5.41) is 3.95. The van der Waals surface area contributed by atoms with E-state index < -0.39 is 12.1 Å². The van der Waals surface area contributed by atoms with Crippen LogP contribution in [0.2, 0.25) is 0 Å². The molecule has 1 atom stereocenters. The van der Waals surface area contributed by atoms with Crippen LogP contribution < -0.4 is 4.74 Å². The zero-order valence-electron chi connectivity index (χ0n) is 15.7. The summed E-state index contributed by atoms with van der Waals surface area (Å²) in [6.07, 6.45) is -0.628. The highest BCUT2D eigenvalue weighted by Gasteiger charge is 2.25. The van der Waals surface area contributed by atoms with Gasteiger partial charge in [-0.05, 0) is 31.0 Å². The standard InChI is InChI=1S/C19H26N2O4/c1-12(2)11-23-15-9-7-8-14(10-15)17(22)24-13(3)16-20-18(21-25-16)19(4,5)6/h7-10,12-13H,11H2,1-6H3. The van der Waals surface area contributed by atoms with E-state index in [1.807, 2.05) is 26.8 Å². The molecule has 2 rings (SSSR count). The summed E-state index contributed by atoms with van der Waals surface area (Å²) in [7, 11) is 0. The molecule has 2 aromatic rings. The van der Waals surface area contributed by atoms with Gasteiger partial charge in [-0.25, -0.2) is 4.79 Å². The number of hydrogen-bond acceptors (Lipinski definition) is 6. The Hall–Kier alpha value is -2.37. The lowest BCUT2D eigenvalue weighted by Crippen LogP contribution is -2.14. The Bertz CT molecular complexity index is 716. The molecule has 0 saturated heterocycles. The SMILES string of the molecule is CC(C)COc1cccc(C(=O)OC(C)c2nc(C(C)(C)C)no2)c1. The van der Waals surface area contributed by atoms with Gasteiger partial charge in [-0.15, -0.1) is 0 Å². The number of nitrogens with zero attached hydrogens (tertiary/aromatic N) is 2. The maximum Gasteiger partial charge on any atom is 0.339 e. The highest BCUT2D eigenvalue weighted by Crippen LogP contribution is 2.23. The zero-order chi connectivity index (χ0) is 18.6. The van der Waals surface area contributed by atoms with Gasteiger partial charge < -0.3 is 14.0 Å². The van der Waals surface area contributed by atoms with Crippen LogP contribution in [0.4, 0.5) is 0 Å². The van der Waals surface area contributed by atoms with Crippen LogP contribution in [-0.4, -0.2) is 22.7 Å². The summed E-state index contributed by atoms with van der Waals surface area (Å²) in [6, 6.07) is 6.94. The van der Waals surface area contributed by atoms with Gasteiger partial charge in [0.25, 0.3) is 5.89 Å². The minimum atomic E-state index is -0.628. The predicted molar refractivity (Wildman–Crippen MR) is 93.6 cm³/mol. The van der Waals surface area contributed by atoms with Gasteiger partial charge in [0.15, 0.2) is 11.9 Å². The summed E-state index contributed by atoms with van der Waals surface area (Å²) in [5.74, 6) is 1.45. The van der Waals surface area contributed by atoms with Crippen molar-refractivity contribution in [3.8, 4) is 5.75 Å². The Labute approximate surface area is 148 Å². The molecule has 0 fully saturated rings. The van der Waals surface area contributed by atoms with E-state index in [1.54, 1.807) is 25.1 Å². The van der Waals surface area contributed by atoms with Crippen molar-refractivity contribution < 1.29 is 18.8 Å². The van der Waals surface area contributed by atoms with Crippen molar-refractivity contribution >= 4 is 5.97 Å². The second-order valence-electron chi connectivity index (χ2n) is 7.49. The lowest BCUT2D eigenvalue weighted by atomic mass is 9.96. The van der Waals surface area contributed by atoms with Gasteiger partial charge >= 0.3 is 5.97 Å². The third-order valence-electron chi connectivity index (χ3n) is 3.40. The van der Waals surface area contributed by atoms with Crippen LogP contribution in [0.25, 0.3) is 0 Å². The molecule has 0 bridgehead atoms. The van der Waals surface area contributed by atoms with Crippen LogP contribution in [-0.2, 0) is 10.2 Å². The lowest BCUT2D eigenvalue weighted by molar-refractivity contribution is 0.0265. The molecule has 0 aliphatic carbocycles. The Morgan fingerprint density at radius 3 is 2.56 bits per heavy atom. The average molecular weight is 346 g/mol. The van der Waals surface area contributed by atoms with Gasteiger partial charge in [-0.3, -0.25) is 0 Å². The summed E-state index contributed by atoms with van der Waals surface area (Å²) >= 11 is 0. The maximum atomic E-state index is 12.4. The minimum Gasteiger partial charge on any atom is -0.493 e. The van der Waals surface area contributed by atoms with Gasteiger partial charge in [0.05, 0.1) is 12.2 Å².